The van der Waals surface area contributed by atoms with Gasteiger partial charge in [0, 0.05) is 0 Å². The number of nitrogens with one attached hydrogen (secondary N) is 1. The molecule has 0 bridgehead atoms. The molecule has 0 fully saturated rings. The molecular weight excluding hydrogens is 296 g/mol. The predicted molar refractivity (Wildman–Crippen MR) is 83.7 cm³/mol. The molecule has 118 valence electrons. The van der Waals surface area contributed by atoms with Crippen LogP contribution in [0.4, 0.5) is 4.79 Å². The molecule has 23 heavy (non-hydrogen) atoms. The summed E-state index contributed by atoms with van der Waals surface area (Å²) in [6, 6.07) is 15.7. The molecule has 2 rings (SSSR count). The van der Waals surface area contributed by atoms with E-state index in [0.29, 0.717) is 12.0 Å². The van der Waals surface area contributed by atoms with Gasteiger partial charge in [-0.2, -0.15) is 0 Å². The molecule has 0 saturated carbocycles. The molecule has 0 aliphatic rings. The summed E-state index contributed by atoms with van der Waals surface area (Å²) >= 11 is 0. The van der Waals surface area contributed by atoms with E-state index in [4.69, 9.17) is 10.5 Å². The van der Waals surface area contributed by atoms with Gasteiger partial charge in [0.05, 0.1) is 5.56 Å². The van der Waals surface area contributed by atoms with Crippen molar-refractivity contribution in [3.8, 4) is 0 Å². The summed E-state index contributed by atoms with van der Waals surface area (Å²) in [6.45, 7) is -0.568. The van der Waals surface area contributed by atoms with Crippen molar-refractivity contribution in [1.29, 1.82) is 0 Å². The quantitative estimate of drug-likeness (QED) is 0.820. The van der Waals surface area contributed by atoms with Crippen LogP contribution in [-0.2, 0) is 16.0 Å². The molecule has 2 aromatic rings. The molecule has 3 amide bonds. The predicted octanol–water partition coefficient (Wildman–Crippen LogP) is 1.63. The molecule has 6 nitrogen and oxygen atoms in total. The van der Waals surface area contributed by atoms with Crippen LogP contribution in [0.5, 0.6) is 0 Å². The number of carbonyl (C=O) groups is 3. The monoisotopic (exact) mass is 312 g/mol. The SMILES string of the molecule is NC(=O)NC(=O)COC(=O)c1ccccc1Cc1ccccc1. The smallest absolute Gasteiger partial charge is 0.338 e. The van der Waals surface area contributed by atoms with Crippen molar-refractivity contribution in [2.75, 3.05) is 6.61 Å². The van der Waals surface area contributed by atoms with Crippen LogP contribution in [0.1, 0.15) is 21.5 Å². The van der Waals surface area contributed by atoms with Crippen molar-refractivity contribution in [3.05, 3.63) is 71.3 Å². The third kappa shape index (κ3) is 4.96. The molecule has 0 heterocycles. The van der Waals surface area contributed by atoms with Gasteiger partial charge in [-0.05, 0) is 23.6 Å². The average molecular weight is 312 g/mol. The van der Waals surface area contributed by atoms with Crippen LogP contribution in [-0.4, -0.2) is 24.5 Å². The van der Waals surface area contributed by atoms with E-state index < -0.39 is 24.5 Å². The maximum absolute atomic E-state index is 12.1. The van der Waals surface area contributed by atoms with Crippen LogP contribution in [0.15, 0.2) is 54.6 Å². The fourth-order valence-corrected chi connectivity index (χ4v) is 2.07. The van der Waals surface area contributed by atoms with Crippen molar-refractivity contribution in [3.63, 3.8) is 0 Å². The van der Waals surface area contributed by atoms with Crippen LogP contribution in [0, 0.1) is 0 Å². The highest BCUT2D eigenvalue weighted by molar-refractivity contribution is 5.96. The number of nitrogens with two attached hydrogens (primary N) is 1. The van der Waals surface area contributed by atoms with Gasteiger partial charge in [-0.15, -0.1) is 0 Å². The first-order valence-electron chi connectivity index (χ1n) is 6.94. The number of hydrogen-bond acceptors (Lipinski definition) is 4. The summed E-state index contributed by atoms with van der Waals surface area (Å²) in [5, 5.41) is 1.83. The normalized spacial score (nSPS) is 9.91. The summed E-state index contributed by atoms with van der Waals surface area (Å²) in [5.74, 6) is -1.40. The van der Waals surface area contributed by atoms with E-state index in [9.17, 15) is 14.4 Å². The minimum atomic E-state index is -0.990. The van der Waals surface area contributed by atoms with Gasteiger partial charge >= 0.3 is 12.0 Å². The van der Waals surface area contributed by atoms with Gasteiger partial charge in [-0.1, -0.05) is 48.5 Å². The van der Waals surface area contributed by atoms with Crippen molar-refractivity contribution < 1.29 is 19.1 Å². The first-order valence-corrected chi connectivity index (χ1v) is 6.94. The van der Waals surface area contributed by atoms with Crippen LogP contribution in [0.2, 0.25) is 0 Å². The highest BCUT2D eigenvalue weighted by Crippen LogP contribution is 2.15. The number of benzene rings is 2. The Labute approximate surface area is 133 Å². The van der Waals surface area contributed by atoms with E-state index in [1.165, 1.54) is 0 Å². The Kier molecular flexibility index (Phi) is 5.46. The van der Waals surface area contributed by atoms with Crippen LogP contribution in [0.25, 0.3) is 0 Å². The molecule has 0 aliphatic heterocycles. The number of urea groups is 1. The molecule has 0 radical (unpaired) electrons. The fourth-order valence-electron chi connectivity index (χ4n) is 2.07. The number of primary amides is 1. The second-order valence-corrected chi connectivity index (χ2v) is 4.81. The summed E-state index contributed by atoms with van der Waals surface area (Å²) < 4.78 is 4.91. The number of ether oxygens (including phenoxy) is 1. The Bertz CT molecular complexity index is 714. The zero-order valence-electron chi connectivity index (χ0n) is 12.3. The zero-order valence-corrected chi connectivity index (χ0v) is 12.3. The Balaban J connectivity index is 2.06. The minimum absolute atomic E-state index is 0.378. The summed E-state index contributed by atoms with van der Waals surface area (Å²) in [6.07, 6.45) is 0.569. The molecule has 2 aromatic carbocycles. The molecule has 0 spiro atoms. The van der Waals surface area contributed by atoms with Crippen LogP contribution in [0.3, 0.4) is 0 Å². The lowest BCUT2D eigenvalue weighted by molar-refractivity contribution is -0.123. The van der Waals surface area contributed by atoms with Gasteiger partial charge in [0.2, 0.25) is 0 Å². The van der Waals surface area contributed by atoms with Gasteiger partial charge in [-0.3, -0.25) is 10.1 Å². The molecule has 0 aliphatic carbocycles. The first-order chi connectivity index (χ1) is 11.1. The Hall–Kier alpha value is -3.15. The fraction of sp³-hybridized carbons (Fsp3) is 0.118. The number of rotatable bonds is 5. The summed E-state index contributed by atoms with van der Waals surface area (Å²) in [5.41, 5.74) is 7.03. The Morgan fingerprint density at radius 1 is 0.957 bits per heavy atom. The van der Waals surface area contributed by atoms with Crippen LogP contribution >= 0.6 is 0 Å². The van der Waals surface area contributed by atoms with E-state index in [1.54, 1.807) is 12.1 Å². The average Bonchev–Trinajstić information content (AvgIpc) is 2.53. The van der Waals surface area contributed by atoms with E-state index in [0.717, 1.165) is 11.1 Å². The van der Waals surface area contributed by atoms with Gasteiger partial charge in [0.25, 0.3) is 5.91 Å². The second-order valence-electron chi connectivity index (χ2n) is 4.81. The second kappa shape index (κ2) is 7.74. The Morgan fingerprint density at radius 3 is 2.30 bits per heavy atom. The van der Waals surface area contributed by atoms with Gasteiger partial charge in [0.1, 0.15) is 0 Å². The lowest BCUT2D eigenvalue weighted by Gasteiger charge is -2.09. The highest BCUT2D eigenvalue weighted by Gasteiger charge is 2.14. The number of esters is 1. The maximum atomic E-state index is 12.1. The third-order valence-corrected chi connectivity index (χ3v) is 3.07. The summed E-state index contributed by atoms with van der Waals surface area (Å²) in [7, 11) is 0. The lowest BCUT2D eigenvalue weighted by Crippen LogP contribution is -2.37. The first kappa shape index (κ1) is 16.2. The lowest BCUT2D eigenvalue weighted by atomic mass is 10.00. The van der Waals surface area contributed by atoms with Crippen molar-refractivity contribution in [2.24, 2.45) is 5.73 Å². The van der Waals surface area contributed by atoms with Gasteiger partial charge in [0.15, 0.2) is 6.61 Å². The molecule has 0 atom stereocenters. The largest absolute Gasteiger partial charge is 0.452 e. The van der Waals surface area contributed by atoms with E-state index in [1.807, 2.05) is 47.8 Å². The van der Waals surface area contributed by atoms with Gasteiger partial charge < -0.3 is 10.5 Å². The standard InChI is InChI=1S/C17H16N2O4/c18-17(22)19-15(20)11-23-16(21)14-9-5-4-8-13(14)10-12-6-2-1-3-7-12/h1-9H,10-11H2,(H3,18,19,20,22). The molecule has 6 heteroatoms. The van der Waals surface area contributed by atoms with E-state index in [2.05, 4.69) is 0 Å². The number of imide groups is 1. The van der Waals surface area contributed by atoms with Crippen LogP contribution < -0.4 is 11.1 Å². The topological polar surface area (TPSA) is 98.5 Å². The number of hydrogen-bond donors (Lipinski definition) is 2. The maximum Gasteiger partial charge on any atom is 0.338 e. The van der Waals surface area contributed by atoms with Crippen molar-refractivity contribution >= 4 is 17.9 Å². The molecule has 0 unspecified atom stereocenters. The zero-order chi connectivity index (χ0) is 16.7. The Morgan fingerprint density at radius 2 is 1.61 bits per heavy atom. The number of amides is 3. The molecule has 3 N–H and O–H groups in total. The minimum Gasteiger partial charge on any atom is -0.452 e. The molecule has 0 aromatic heterocycles. The van der Waals surface area contributed by atoms with Crippen molar-refractivity contribution in [2.45, 2.75) is 6.42 Å². The van der Waals surface area contributed by atoms with E-state index in [-0.39, 0.29) is 0 Å². The van der Waals surface area contributed by atoms with Gasteiger partial charge in [-0.25, -0.2) is 9.59 Å². The van der Waals surface area contributed by atoms with Crippen molar-refractivity contribution in [1.82, 2.24) is 5.32 Å². The third-order valence-electron chi connectivity index (χ3n) is 3.07. The number of carbonyl (C=O) groups excluding carboxylic acids is 3. The molecular formula is C17H16N2O4. The highest BCUT2D eigenvalue weighted by atomic mass is 16.5. The summed E-state index contributed by atoms with van der Waals surface area (Å²) in [4.78, 5) is 33.9. The molecule has 0 saturated heterocycles. The van der Waals surface area contributed by atoms with E-state index >= 15 is 0 Å².